The van der Waals surface area contributed by atoms with E-state index in [0.29, 0.717) is 18.3 Å². The lowest BCUT2D eigenvalue weighted by Crippen LogP contribution is -2.00. The van der Waals surface area contributed by atoms with Crippen molar-refractivity contribution in [3.63, 3.8) is 0 Å². The third kappa shape index (κ3) is 2.42. The smallest absolute Gasteiger partial charge is 0.218 e. The van der Waals surface area contributed by atoms with Gasteiger partial charge in [-0.3, -0.25) is 4.68 Å². The molecule has 0 bridgehead atoms. The van der Waals surface area contributed by atoms with Crippen LogP contribution < -0.4 is 10.1 Å². The standard InChI is InChI=1S/C12H17N5O/c1-5-18-11-6-10(13-7-14-11)15-12-8(2)16-17(4)9(12)3/h6-7H,5H2,1-4H3,(H,13,14,15). The number of nitrogens with zero attached hydrogens (tertiary/aromatic N) is 4. The van der Waals surface area contributed by atoms with E-state index in [1.807, 2.05) is 32.5 Å². The summed E-state index contributed by atoms with van der Waals surface area (Å²) in [5.41, 5.74) is 2.97. The van der Waals surface area contributed by atoms with E-state index in [-0.39, 0.29) is 0 Å². The highest BCUT2D eigenvalue weighted by Crippen LogP contribution is 2.23. The zero-order valence-electron chi connectivity index (χ0n) is 11.1. The first kappa shape index (κ1) is 12.3. The maximum atomic E-state index is 5.34. The maximum absolute atomic E-state index is 5.34. The Morgan fingerprint density at radius 1 is 1.33 bits per heavy atom. The van der Waals surface area contributed by atoms with Gasteiger partial charge in [-0.25, -0.2) is 9.97 Å². The van der Waals surface area contributed by atoms with Gasteiger partial charge in [-0.05, 0) is 20.8 Å². The fourth-order valence-corrected chi connectivity index (χ4v) is 1.72. The second-order valence-corrected chi connectivity index (χ2v) is 3.97. The fourth-order valence-electron chi connectivity index (χ4n) is 1.72. The number of nitrogens with one attached hydrogen (secondary N) is 1. The number of aromatic nitrogens is 4. The fraction of sp³-hybridized carbons (Fsp3) is 0.417. The molecule has 96 valence electrons. The Morgan fingerprint density at radius 3 is 2.72 bits per heavy atom. The molecule has 0 saturated heterocycles. The Hall–Kier alpha value is -2.11. The zero-order valence-corrected chi connectivity index (χ0v) is 11.1. The van der Waals surface area contributed by atoms with Gasteiger partial charge in [-0.1, -0.05) is 0 Å². The Morgan fingerprint density at radius 2 is 2.11 bits per heavy atom. The monoisotopic (exact) mass is 247 g/mol. The van der Waals surface area contributed by atoms with Crippen LogP contribution in [0.1, 0.15) is 18.3 Å². The average Bonchev–Trinajstić information content (AvgIpc) is 2.57. The van der Waals surface area contributed by atoms with Gasteiger partial charge in [0.15, 0.2) is 0 Å². The summed E-state index contributed by atoms with van der Waals surface area (Å²) in [5.74, 6) is 1.27. The van der Waals surface area contributed by atoms with Crippen molar-refractivity contribution < 1.29 is 4.74 Å². The van der Waals surface area contributed by atoms with Crippen molar-refractivity contribution in [2.75, 3.05) is 11.9 Å². The zero-order chi connectivity index (χ0) is 13.1. The molecule has 2 aromatic rings. The van der Waals surface area contributed by atoms with Crippen molar-refractivity contribution in [2.24, 2.45) is 7.05 Å². The summed E-state index contributed by atoms with van der Waals surface area (Å²) in [6.07, 6.45) is 1.48. The minimum Gasteiger partial charge on any atom is -0.478 e. The van der Waals surface area contributed by atoms with E-state index >= 15 is 0 Å². The molecule has 1 N–H and O–H groups in total. The predicted octanol–water partition coefficient (Wildman–Crippen LogP) is 1.97. The molecule has 0 fully saturated rings. The van der Waals surface area contributed by atoms with Crippen molar-refractivity contribution in [2.45, 2.75) is 20.8 Å². The summed E-state index contributed by atoms with van der Waals surface area (Å²) in [6, 6.07) is 1.77. The highest BCUT2D eigenvalue weighted by molar-refractivity contribution is 5.61. The molecule has 6 heteroatoms. The van der Waals surface area contributed by atoms with Crippen LogP contribution in [0.2, 0.25) is 0 Å². The highest BCUT2D eigenvalue weighted by atomic mass is 16.5. The summed E-state index contributed by atoms with van der Waals surface area (Å²) in [6.45, 7) is 6.47. The van der Waals surface area contributed by atoms with E-state index in [2.05, 4.69) is 20.4 Å². The van der Waals surface area contributed by atoms with Crippen molar-refractivity contribution in [3.05, 3.63) is 23.8 Å². The SMILES string of the molecule is CCOc1cc(Nc2c(C)nn(C)c2C)ncn1. The summed E-state index contributed by atoms with van der Waals surface area (Å²) in [7, 11) is 1.92. The molecule has 2 aromatic heterocycles. The van der Waals surface area contributed by atoms with E-state index in [1.54, 1.807) is 6.07 Å². The van der Waals surface area contributed by atoms with E-state index in [9.17, 15) is 0 Å². The third-order valence-electron chi connectivity index (χ3n) is 2.70. The summed E-state index contributed by atoms with van der Waals surface area (Å²) in [5, 5.41) is 7.59. The molecule has 2 rings (SSSR count). The minimum atomic E-state index is 0.564. The molecular weight excluding hydrogens is 230 g/mol. The van der Waals surface area contributed by atoms with Crippen LogP contribution in [0.5, 0.6) is 5.88 Å². The molecule has 0 atom stereocenters. The maximum Gasteiger partial charge on any atom is 0.218 e. The number of aryl methyl sites for hydroxylation is 2. The Kier molecular flexibility index (Phi) is 3.45. The van der Waals surface area contributed by atoms with Crippen LogP contribution >= 0.6 is 0 Å². The molecule has 18 heavy (non-hydrogen) atoms. The van der Waals surface area contributed by atoms with E-state index < -0.39 is 0 Å². The lowest BCUT2D eigenvalue weighted by Gasteiger charge is -2.07. The van der Waals surface area contributed by atoms with Gasteiger partial charge in [0.25, 0.3) is 0 Å². The van der Waals surface area contributed by atoms with Gasteiger partial charge < -0.3 is 10.1 Å². The van der Waals surface area contributed by atoms with Crippen LogP contribution in [0.25, 0.3) is 0 Å². The van der Waals surface area contributed by atoms with Crippen molar-refractivity contribution in [1.29, 1.82) is 0 Å². The van der Waals surface area contributed by atoms with Gasteiger partial charge in [0, 0.05) is 13.1 Å². The van der Waals surface area contributed by atoms with Gasteiger partial charge in [0.1, 0.15) is 12.1 Å². The first-order valence-corrected chi connectivity index (χ1v) is 5.84. The van der Waals surface area contributed by atoms with Gasteiger partial charge in [0.2, 0.25) is 5.88 Å². The normalized spacial score (nSPS) is 10.4. The van der Waals surface area contributed by atoms with Crippen molar-refractivity contribution >= 4 is 11.5 Å². The van der Waals surface area contributed by atoms with Crippen LogP contribution in [0.3, 0.4) is 0 Å². The van der Waals surface area contributed by atoms with Gasteiger partial charge >= 0.3 is 0 Å². The lowest BCUT2D eigenvalue weighted by molar-refractivity contribution is 0.326. The number of rotatable bonds is 4. The lowest BCUT2D eigenvalue weighted by atomic mass is 10.3. The Bertz CT molecular complexity index is 549. The molecule has 0 radical (unpaired) electrons. The van der Waals surface area contributed by atoms with Gasteiger partial charge in [0.05, 0.1) is 23.7 Å². The summed E-state index contributed by atoms with van der Waals surface area (Å²) < 4.78 is 7.17. The van der Waals surface area contributed by atoms with Crippen LogP contribution in [0.4, 0.5) is 11.5 Å². The van der Waals surface area contributed by atoms with E-state index in [1.165, 1.54) is 6.33 Å². The highest BCUT2D eigenvalue weighted by Gasteiger charge is 2.10. The number of hydrogen-bond acceptors (Lipinski definition) is 5. The third-order valence-corrected chi connectivity index (χ3v) is 2.70. The van der Waals surface area contributed by atoms with E-state index in [0.717, 1.165) is 17.1 Å². The second kappa shape index (κ2) is 5.03. The topological polar surface area (TPSA) is 64.9 Å². The number of hydrogen-bond donors (Lipinski definition) is 1. The first-order valence-electron chi connectivity index (χ1n) is 5.84. The van der Waals surface area contributed by atoms with Crippen molar-refractivity contribution in [3.8, 4) is 5.88 Å². The van der Waals surface area contributed by atoms with Gasteiger partial charge in [-0.15, -0.1) is 0 Å². The van der Waals surface area contributed by atoms with Gasteiger partial charge in [-0.2, -0.15) is 5.10 Å². The molecule has 0 saturated carbocycles. The molecule has 0 aliphatic heterocycles. The summed E-state index contributed by atoms with van der Waals surface area (Å²) >= 11 is 0. The largest absolute Gasteiger partial charge is 0.478 e. The number of ether oxygens (including phenoxy) is 1. The molecule has 0 unspecified atom stereocenters. The van der Waals surface area contributed by atoms with Crippen LogP contribution in [-0.2, 0) is 7.05 Å². The molecular formula is C12H17N5O. The molecule has 0 amide bonds. The quantitative estimate of drug-likeness (QED) is 0.894. The predicted molar refractivity (Wildman–Crippen MR) is 69.2 cm³/mol. The van der Waals surface area contributed by atoms with Crippen molar-refractivity contribution in [1.82, 2.24) is 19.7 Å². The molecule has 0 aliphatic rings. The Balaban J connectivity index is 2.25. The van der Waals surface area contributed by atoms with Crippen LogP contribution in [-0.4, -0.2) is 26.4 Å². The molecule has 0 spiro atoms. The minimum absolute atomic E-state index is 0.564. The molecule has 6 nitrogen and oxygen atoms in total. The number of anilines is 2. The molecule has 0 aromatic carbocycles. The van der Waals surface area contributed by atoms with E-state index in [4.69, 9.17) is 4.74 Å². The summed E-state index contributed by atoms with van der Waals surface area (Å²) in [4.78, 5) is 8.20. The first-order chi connectivity index (χ1) is 8.61. The van der Waals surface area contributed by atoms with Crippen LogP contribution in [0, 0.1) is 13.8 Å². The van der Waals surface area contributed by atoms with Crippen LogP contribution in [0.15, 0.2) is 12.4 Å². The molecule has 2 heterocycles. The molecule has 0 aliphatic carbocycles. The average molecular weight is 247 g/mol. The second-order valence-electron chi connectivity index (χ2n) is 3.97. The Labute approximate surface area is 106 Å².